The van der Waals surface area contributed by atoms with Crippen LogP contribution >= 0.6 is 0 Å². The fourth-order valence-electron chi connectivity index (χ4n) is 2.73. The second-order valence-electron chi connectivity index (χ2n) is 5.69. The van der Waals surface area contributed by atoms with Gasteiger partial charge in [-0.1, -0.05) is 19.1 Å². The largest absolute Gasteiger partial charge is 0.397 e. The Morgan fingerprint density at radius 2 is 1.80 bits per heavy atom. The molecule has 1 aliphatic rings. The summed E-state index contributed by atoms with van der Waals surface area (Å²) in [5, 5.41) is 0. The standard InChI is InChI=1S/C16H28N4/c1-3-8-20(16-7-5-4-6-15(16)17)14-13-19-11-9-18(2)10-12-19/h4-7H,3,8-14,17H2,1-2H3. The van der Waals surface area contributed by atoms with Crippen molar-refractivity contribution in [2.45, 2.75) is 13.3 Å². The lowest BCUT2D eigenvalue weighted by Crippen LogP contribution is -2.47. The minimum Gasteiger partial charge on any atom is -0.397 e. The molecule has 4 nitrogen and oxygen atoms in total. The van der Waals surface area contributed by atoms with Gasteiger partial charge in [0.1, 0.15) is 0 Å². The zero-order valence-corrected chi connectivity index (χ0v) is 12.9. The SMILES string of the molecule is CCCN(CCN1CCN(C)CC1)c1ccccc1N. The normalized spacial score (nSPS) is 17.3. The number of hydrogen-bond acceptors (Lipinski definition) is 4. The van der Waals surface area contributed by atoms with Crippen molar-refractivity contribution in [2.75, 3.05) is 63.5 Å². The van der Waals surface area contributed by atoms with E-state index in [0.717, 1.165) is 31.7 Å². The summed E-state index contributed by atoms with van der Waals surface area (Å²) < 4.78 is 0. The first-order valence-corrected chi connectivity index (χ1v) is 7.71. The van der Waals surface area contributed by atoms with Gasteiger partial charge in [0.25, 0.3) is 0 Å². The van der Waals surface area contributed by atoms with Crippen LogP contribution in [0.15, 0.2) is 24.3 Å². The lowest BCUT2D eigenvalue weighted by molar-refractivity contribution is 0.157. The zero-order chi connectivity index (χ0) is 14.4. The number of likely N-dealkylation sites (N-methyl/N-ethyl adjacent to an activating group) is 1. The second-order valence-corrected chi connectivity index (χ2v) is 5.69. The maximum Gasteiger partial charge on any atom is 0.0600 e. The Kier molecular flexibility index (Phi) is 5.68. The smallest absolute Gasteiger partial charge is 0.0600 e. The Balaban J connectivity index is 1.91. The van der Waals surface area contributed by atoms with Crippen LogP contribution < -0.4 is 10.6 Å². The fraction of sp³-hybridized carbons (Fsp3) is 0.625. The van der Waals surface area contributed by atoms with Crippen molar-refractivity contribution in [3.63, 3.8) is 0 Å². The molecule has 0 saturated carbocycles. The molecule has 20 heavy (non-hydrogen) atoms. The molecule has 1 fully saturated rings. The van der Waals surface area contributed by atoms with Gasteiger partial charge >= 0.3 is 0 Å². The number of nitrogens with zero attached hydrogens (tertiary/aromatic N) is 3. The van der Waals surface area contributed by atoms with Crippen LogP contribution in [0.2, 0.25) is 0 Å². The van der Waals surface area contributed by atoms with E-state index in [4.69, 9.17) is 5.73 Å². The number of piperazine rings is 1. The van der Waals surface area contributed by atoms with Crippen LogP contribution in [0.3, 0.4) is 0 Å². The van der Waals surface area contributed by atoms with Gasteiger partial charge < -0.3 is 15.5 Å². The van der Waals surface area contributed by atoms with E-state index in [1.54, 1.807) is 0 Å². The molecule has 0 bridgehead atoms. The number of anilines is 2. The highest BCUT2D eigenvalue weighted by atomic mass is 15.3. The van der Waals surface area contributed by atoms with Gasteiger partial charge in [-0.3, -0.25) is 4.90 Å². The topological polar surface area (TPSA) is 35.7 Å². The number of benzene rings is 1. The van der Waals surface area contributed by atoms with E-state index >= 15 is 0 Å². The Labute approximate surface area is 123 Å². The summed E-state index contributed by atoms with van der Waals surface area (Å²) >= 11 is 0. The average molecular weight is 276 g/mol. The summed E-state index contributed by atoms with van der Waals surface area (Å²) in [6, 6.07) is 8.20. The van der Waals surface area contributed by atoms with Crippen LogP contribution in [-0.4, -0.2) is 62.7 Å². The fourth-order valence-corrected chi connectivity index (χ4v) is 2.73. The summed E-state index contributed by atoms with van der Waals surface area (Å²) in [6.07, 6.45) is 1.15. The van der Waals surface area contributed by atoms with E-state index in [-0.39, 0.29) is 0 Å². The average Bonchev–Trinajstić information content (AvgIpc) is 2.46. The molecule has 0 unspecified atom stereocenters. The predicted molar refractivity (Wildman–Crippen MR) is 87.3 cm³/mol. The molecule has 1 heterocycles. The van der Waals surface area contributed by atoms with E-state index in [2.05, 4.69) is 40.8 Å². The molecule has 0 amide bonds. The van der Waals surface area contributed by atoms with Crippen molar-refractivity contribution in [3.05, 3.63) is 24.3 Å². The zero-order valence-electron chi connectivity index (χ0n) is 12.9. The third-order valence-corrected chi connectivity index (χ3v) is 4.05. The number of nitrogen functional groups attached to an aromatic ring is 1. The highest BCUT2D eigenvalue weighted by Gasteiger charge is 2.15. The first-order valence-electron chi connectivity index (χ1n) is 7.71. The minimum absolute atomic E-state index is 0.888. The van der Waals surface area contributed by atoms with Gasteiger partial charge in [-0.2, -0.15) is 0 Å². The Morgan fingerprint density at radius 3 is 2.45 bits per heavy atom. The summed E-state index contributed by atoms with van der Waals surface area (Å²) in [7, 11) is 2.20. The monoisotopic (exact) mass is 276 g/mol. The van der Waals surface area contributed by atoms with Crippen molar-refractivity contribution in [3.8, 4) is 0 Å². The molecular weight excluding hydrogens is 248 g/mol. The first-order chi connectivity index (χ1) is 9.70. The van der Waals surface area contributed by atoms with Crippen molar-refractivity contribution in [1.29, 1.82) is 0 Å². The van der Waals surface area contributed by atoms with Crippen LogP contribution in [0.4, 0.5) is 11.4 Å². The number of rotatable bonds is 6. The third-order valence-electron chi connectivity index (χ3n) is 4.05. The molecule has 0 radical (unpaired) electrons. The van der Waals surface area contributed by atoms with Gasteiger partial charge in [0, 0.05) is 45.8 Å². The van der Waals surface area contributed by atoms with Gasteiger partial charge in [0.2, 0.25) is 0 Å². The van der Waals surface area contributed by atoms with Crippen molar-refractivity contribution in [2.24, 2.45) is 0 Å². The van der Waals surface area contributed by atoms with Crippen molar-refractivity contribution in [1.82, 2.24) is 9.80 Å². The molecule has 0 aliphatic carbocycles. The van der Waals surface area contributed by atoms with E-state index < -0.39 is 0 Å². The summed E-state index contributed by atoms with van der Waals surface area (Å²) in [4.78, 5) is 7.38. The Hall–Kier alpha value is -1.26. The van der Waals surface area contributed by atoms with Gasteiger partial charge in [0.05, 0.1) is 11.4 Å². The summed E-state index contributed by atoms with van der Waals surface area (Å²) in [6.45, 7) is 10.2. The van der Waals surface area contributed by atoms with E-state index in [0.29, 0.717) is 0 Å². The van der Waals surface area contributed by atoms with Crippen LogP contribution in [0.1, 0.15) is 13.3 Å². The molecule has 1 aliphatic heterocycles. The molecule has 1 aromatic rings. The summed E-state index contributed by atoms with van der Waals surface area (Å²) in [5.74, 6) is 0. The summed E-state index contributed by atoms with van der Waals surface area (Å²) in [5.41, 5.74) is 8.19. The molecule has 112 valence electrons. The third kappa shape index (κ3) is 4.12. The molecule has 0 spiro atoms. The van der Waals surface area contributed by atoms with Gasteiger partial charge in [0.15, 0.2) is 0 Å². The van der Waals surface area contributed by atoms with E-state index in [9.17, 15) is 0 Å². The quantitative estimate of drug-likeness (QED) is 0.803. The molecular formula is C16H28N4. The molecule has 2 rings (SSSR count). The van der Waals surface area contributed by atoms with Gasteiger partial charge in [-0.05, 0) is 25.6 Å². The highest BCUT2D eigenvalue weighted by molar-refractivity contribution is 5.67. The lowest BCUT2D eigenvalue weighted by atomic mass is 10.2. The van der Waals surface area contributed by atoms with E-state index in [1.807, 2.05) is 12.1 Å². The molecule has 2 N–H and O–H groups in total. The highest BCUT2D eigenvalue weighted by Crippen LogP contribution is 2.22. The van der Waals surface area contributed by atoms with E-state index in [1.165, 1.54) is 31.9 Å². The maximum absolute atomic E-state index is 6.12. The molecule has 0 atom stereocenters. The van der Waals surface area contributed by atoms with Gasteiger partial charge in [-0.25, -0.2) is 0 Å². The Morgan fingerprint density at radius 1 is 1.10 bits per heavy atom. The Bertz CT molecular complexity index is 399. The molecule has 1 saturated heterocycles. The molecule has 0 aromatic heterocycles. The number of nitrogens with two attached hydrogens (primary N) is 1. The van der Waals surface area contributed by atoms with Crippen LogP contribution in [-0.2, 0) is 0 Å². The number of hydrogen-bond donors (Lipinski definition) is 1. The van der Waals surface area contributed by atoms with Gasteiger partial charge in [-0.15, -0.1) is 0 Å². The molecule has 1 aromatic carbocycles. The minimum atomic E-state index is 0.888. The molecule has 4 heteroatoms. The first kappa shape index (κ1) is 15.1. The van der Waals surface area contributed by atoms with Crippen LogP contribution in [0, 0.1) is 0 Å². The van der Waals surface area contributed by atoms with Crippen LogP contribution in [0.25, 0.3) is 0 Å². The second kappa shape index (κ2) is 7.50. The maximum atomic E-state index is 6.12. The van der Waals surface area contributed by atoms with Crippen molar-refractivity contribution >= 4 is 11.4 Å². The van der Waals surface area contributed by atoms with Crippen LogP contribution in [0.5, 0.6) is 0 Å². The predicted octanol–water partition coefficient (Wildman–Crippen LogP) is 1.73. The number of para-hydroxylation sites is 2. The lowest BCUT2D eigenvalue weighted by Gasteiger charge is -2.34. The van der Waals surface area contributed by atoms with Crippen molar-refractivity contribution < 1.29 is 0 Å².